The van der Waals surface area contributed by atoms with Gasteiger partial charge in [0.15, 0.2) is 5.58 Å². The Morgan fingerprint density at radius 1 is 0.400 bits per heavy atom. The van der Waals surface area contributed by atoms with Crippen LogP contribution in [0.2, 0.25) is 0 Å². The van der Waals surface area contributed by atoms with E-state index in [9.17, 15) is 0 Å². The highest BCUT2D eigenvalue weighted by Crippen LogP contribution is 2.42. The Morgan fingerprint density at radius 2 is 1.04 bits per heavy atom. The van der Waals surface area contributed by atoms with Crippen molar-refractivity contribution in [1.82, 2.24) is 9.13 Å². The normalized spacial score (nSPS) is 12.0. The van der Waals surface area contributed by atoms with Crippen molar-refractivity contribution in [2.45, 2.75) is 0 Å². The number of rotatable bonds is 3. The van der Waals surface area contributed by atoms with Crippen LogP contribution in [0.5, 0.6) is 0 Å². The van der Waals surface area contributed by atoms with Gasteiger partial charge in [0.25, 0.3) is 0 Å². The van der Waals surface area contributed by atoms with Gasteiger partial charge in [-0.1, -0.05) is 103 Å². The maximum atomic E-state index is 6.60. The molecule has 3 aromatic heterocycles. The first-order chi connectivity index (χ1) is 22.3. The summed E-state index contributed by atoms with van der Waals surface area (Å²) in [6.45, 7) is 0. The molecule has 0 aliphatic carbocycles. The summed E-state index contributed by atoms with van der Waals surface area (Å²) in [7, 11) is 0. The fourth-order valence-electron chi connectivity index (χ4n) is 7.43. The fraction of sp³-hybridized carbons (Fsp3) is 0. The van der Waals surface area contributed by atoms with Gasteiger partial charge in [0.1, 0.15) is 5.58 Å². The molecule has 0 spiro atoms. The first-order valence-electron chi connectivity index (χ1n) is 15.4. The van der Waals surface area contributed by atoms with E-state index in [2.05, 4.69) is 161 Å². The van der Waals surface area contributed by atoms with Crippen molar-refractivity contribution >= 4 is 65.6 Å². The fourth-order valence-corrected chi connectivity index (χ4v) is 7.43. The number of hydrogen-bond donors (Lipinski definition) is 0. The van der Waals surface area contributed by atoms with Crippen LogP contribution < -0.4 is 0 Å². The van der Waals surface area contributed by atoms with Gasteiger partial charge in [0, 0.05) is 43.7 Å². The average Bonchev–Trinajstić information content (AvgIpc) is 3.76. The average molecular weight is 575 g/mol. The van der Waals surface area contributed by atoms with Crippen LogP contribution in [0.25, 0.3) is 88.1 Å². The van der Waals surface area contributed by atoms with Crippen molar-refractivity contribution in [3.63, 3.8) is 0 Å². The van der Waals surface area contributed by atoms with Gasteiger partial charge in [0.2, 0.25) is 0 Å². The third-order valence-electron chi connectivity index (χ3n) is 9.31. The number of fused-ring (bicyclic) bond motifs is 10. The van der Waals surface area contributed by atoms with Gasteiger partial charge in [-0.15, -0.1) is 0 Å². The zero-order chi connectivity index (χ0) is 29.5. The van der Waals surface area contributed by atoms with Crippen molar-refractivity contribution in [1.29, 1.82) is 0 Å². The summed E-state index contributed by atoms with van der Waals surface area (Å²) < 4.78 is 11.4. The standard InChI is InChI=1S/C42H26N2O/c1-2-13-28(14-3-1)43-37-21-8-5-18-35(37)40-30(19-11-22-38(40)43)27-12-10-15-29(26-27)44-36-20-7-4-16-31(36)33-24-25-34-32-17-6-9-23-39(32)45-42(34)41(33)44/h1-26H. The van der Waals surface area contributed by atoms with E-state index in [1.807, 2.05) is 6.07 Å². The maximum absolute atomic E-state index is 6.60. The molecule has 10 rings (SSSR count). The van der Waals surface area contributed by atoms with Crippen molar-refractivity contribution in [2.75, 3.05) is 0 Å². The summed E-state index contributed by atoms with van der Waals surface area (Å²) in [6, 6.07) is 56.5. The van der Waals surface area contributed by atoms with Crippen LogP contribution in [0.15, 0.2) is 162 Å². The molecule has 3 heterocycles. The van der Waals surface area contributed by atoms with E-state index >= 15 is 0 Å². The molecule has 0 aliphatic heterocycles. The smallest absolute Gasteiger partial charge is 0.160 e. The number of hydrogen-bond acceptors (Lipinski definition) is 1. The first kappa shape index (κ1) is 24.4. The molecule has 0 unspecified atom stereocenters. The largest absolute Gasteiger partial charge is 0.454 e. The Labute approximate surface area is 258 Å². The number of aromatic nitrogens is 2. The molecule has 0 radical (unpaired) electrons. The van der Waals surface area contributed by atoms with E-state index in [-0.39, 0.29) is 0 Å². The molecule has 0 saturated carbocycles. The molecule has 0 bridgehead atoms. The zero-order valence-electron chi connectivity index (χ0n) is 24.3. The van der Waals surface area contributed by atoms with Crippen LogP contribution in [-0.2, 0) is 0 Å². The van der Waals surface area contributed by atoms with Gasteiger partial charge < -0.3 is 13.6 Å². The molecule has 0 saturated heterocycles. The lowest BCUT2D eigenvalue weighted by atomic mass is 9.99. The number of para-hydroxylation sites is 4. The molecule has 0 aliphatic rings. The lowest BCUT2D eigenvalue weighted by molar-refractivity contribution is 0.671. The van der Waals surface area contributed by atoms with Gasteiger partial charge in [0.05, 0.1) is 22.1 Å². The summed E-state index contributed by atoms with van der Waals surface area (Å²) in [4.78, 5) is 0. The van der Waals surface area contributed by atoms with Crippen molar-refractivity contribution in [2.24, 2.45) is 0 Å². The van der Waals surface area contributed by atoms with E-state index in [4.69, 9.17) is 4.42 Å². The predicted molar refractivity (Wildman–Crippen MR) is 188 cm³/mol. The van der Waals surface area contributed by atoms with Gasteiger partial charge in [-0.3, -0.25) is 0 Å². The topological polar surface area (TPSA) is 23.0 Å². The highest BCUT2D eigenvalue weighted by atomic mass is 16.3. The molecular weight excluding hydrogens is 548 g/mol. The second kappa shape index (κ2) is 9.22. The van der Waals surface area contributed by atoms with Gasteiger partial charge >= 0.3 is 0 Å². The zero-order valence-corrected chi connectivity index (χ0v) is 24.3. The number of nitrogens with zero attached hydrogens (tertiary/aromatic N) is 2. The highest BCUT2D eigenvalue weighted by molar-refractivity contribution is 6.21. The van der Waals surface area contributed by atoms with Crippen LogP contribution in [-0.4, -0.2) is 9.13 Å². The number of furan rings is 1. The highest BCUT2D eigenvalue weighted by Gasteiger charge is 2.20. The Bertz CT molecular complexity index is 2760. The first-order valence-corrected chi connectivity index (χ1v) is 15.4. The van der Waals surface area contributed by atoms with Gasteiger partial charge in [-0.25, -0.2) is 0 Å². The summed E-state index contributed by atoms with van der Waals surface area (Å²) in [5.74, 6) is 0. The second-order valence-electron chi connectivity index (χ2n) is 11.7. The SMILES string of the molecule is c1ccc(-n2c3ccccc3c3c(-c4cccc(-n5c6ccccc6c6ccc7c8ccccc8oc7c65)c4)cccc32)cc1. The van der Waals surface area contributed by atoms with Crippen molar-refractivity contribution in [3.8, 4) is 22.5 Å². The van der Waals surface area contributed by atoms with Crippen LogP contribution in [0.1, 0.15) is 0 Å². The minimum Gasteiger partial charge on any atom is -0.454 e. The van der Waals surface area contributed by atoms with E-state index in [1.165, 1.54) is 43.7 Å². The molecule has 10 aromatic rings. The quantitative estimate of drug-likeness (QED) is 0.206. The molecule has 210 valence electrons. The third kappa shape index (κ3) is 3.41. The predicted octanol–water partition coefficient (Wildman–Crippen LogP) is 11.4. The van der Waals surface area contributed by atoms with Crippen molar-refractivity contribution in [3.05, 3.63) is 158 Å². The lowest BCUT2D eigenvalue weighted by Crippen LogP contribution is -1.95. The Balaban J connectivity index is 1.27. The minimum absolute atomic E-state index is 0.909. The van der Waals surface area contributed by atoms with Crippen LogP contribution in [0.4, 0.5) is 0 Å². The summed E-state index contributed by atoms with van der Waals surface area (Å²) in [6.07, 6.45) is 0. The summed E-state index contributed by atoms with van der Waals surface area (Å²) in [5.41, 5.74) is 11.2. The summed E-state index contributed by atoms with van der Waals surface area (Å²) >= 11 is 0. The Kier molecular flexibility index (Phi) is 5.00. The molecule has 3 nitrogen and oxygen atoms in total. The van der Waals surface area contributed by atoms with Crippen molar-refractivity contribution < 1.29 is 4.42 Å². The monoisotopic (exact) mass is 574 g/mol. The Hall–Kier alpha value is -6.06. The van der Waals surface area contributed by atoms with Crippen LogP contribution in [0.3, 0.4) is 0 Å². The molecule has 3 heteroatoms. The van der Waals surface area contributed by atoms with E-state index in [0.717, 1.165) is 44.3 Å². The number of benzene rings is 7. The second-order valence-corrected chi connectivity index (χ2v) is 11.7. The van der Waals surface area contributed by atoms with E-state index in [0.29, 0.717) is 0 Å². The molecule has 7 aromatic carbocycles. The Morgan fingerprint density at radius 3 is 1.91 bits per heavy atom. The molecule has 0 atom stereocenters. The van der Waals surface area contributed by atoms with E-state index < -0.39 is 0 Å². The van der Waals surface area contributed by atoms with Gasteiger partial charge in [-0.2, -0.15) is 0 Å². The lowest BCUT2D eigenvalue weighted by Gasteiger charge is -2.12. The molecule has 0 amide bonds. The van der Waals surface area contributed by atoms with Gasteiger partial charge in [-0.05, 0) is 65.7 Å². The molecule has 0 fully saturated rings. The maximum Gasteiger partial charge on any atom is 0.160 e. The molecule has 45 heavy (non-hydrogen) atoms. The van der Waals surface area contributed by atoms with Crippen LogP contribution in [0, 0.1) is 0 Å². The van der Waals surface area contributed by atoms with E-state index in [1.54, 1.807) is 0 Å². The molecular formula is C42H26N2O. The summed E-state index contributed by atoms with van der Waals surface area (Å²) in [5, 5.41) is 7.19. The minimum atomic E-state index is 0.909. The molecule has 0 N–H and O–H groups in total. The van der Waals surface area contributed by atoms with Crippen LogP contribution >= 0.6 is 0 Å². The third-order valence-corrected chi connectivity index (χ3v) is 9.31.